The molecule has 0 radical (unpaired) electrons. The second-order valence-corrected chi connectivity index (χ2v) is 5.19. The number of aromatic nitrogens is 2. The van der Waals surface area contributed by atoms with Crippen LogP contribution < -0.4 is 5.73 Å². The van der Waals surface area contributed by atoms with Crippen molar-refractivity contribution in [3.8, 4) is 0 Å². The molecule has 0 bridgehead atoms. The standard InChI is InChI=1S/C12H19N3O2/c1-16-10(7-5-6-7)11-14-12(17-15-11)8-3-2-4-9(8)13/h7-10H,2-6,13H2,1H3. The molecule has 1 aromatic rings. The summed E-state index contributed by atoms with van der Waals surface area (Å²) in [5.74, 6) is 2.22. The van der Waals surface area contributed by atoms with Crippen LogP contribution in [0.1, 0.15) is 55.8 Å². The van der Waals surface area contributed by atoms with E-state index in [2.05, 4.69) is 10.1 Å². The van der Waals surface area contributed by atoms with Crippen molar-refractivity contribution in [2.24, 2.45) is 11.7 Å². The van der Waals surface area contributed by atoms with E-state index < -0.39 is 0 Å². The molecule has 3 atom stereocenters. The van der Waals surface area contributed by atoms with E-state index in [0.29, 0.717) is 17.6 Å². The van der Waals surface area contributed by atoms with Crippen LogP contribution in [0, 0.1) is 5.92 Å². The molecule has 1 aromatic heterocycles. The zero-order valence-corrected chi connectivity index (χ0v) is 10.1. The summed E-state index contributed by atoms with van der Waals surface area (Å²) in [6.07, 6.45) is 5.67. The maximum atomic E-state index is 6.04. The fourth-order valence-corrected chi connectivity index (χ4v) is 2.72. The minimum atomic E-state index is 0.00475. The van der Waals surface area contributed by atoms with Crippen LogP contribution >= 0.6 is 0 Å². The minimum absolute atomic E-state index is 0.00475. The number of nitrogens with two attached hydrogens (primary N) is 1. The van der Waals surface area contributed by atoms with Crippen LogP contribution in [-0.4, -0.2) is 23.3 Å². The van der Waals surface area contributed by atoms with Crippen LogP contribution in [0.15, 0.2) is 4.52 Å². The monoisotopic (exact) mass is 237 g/mol. The lowest BCUT2D eigenvalue weighted by Gasteiger charge is -2.10. The third kappa shape index (κ3) is 2.09. The molecule has 5 nitrogen and oxygen atoms in total. The van der Waals surface area contributed by atoms with Crippen molar-refractivity contribution in [3.05, 3.63) is 11.7 Å². The minimum Gasteiger partial charge on any atom is -0.373 e. The van der Waals surface area contributed by atoms with Gasteiger partial charge in [-0.2, -0.15) is 4.98 Å². The van der Waals surface area contributed by atoms with Gasteiger partial charge in [-0.1, -0.05) is 11.6 Å². The van der Waals surface area contributed by atoms with Gasteiger partial charge in [0.1, 0.15) is 6.10 Å². The fourth-order valence-electron chi connectivity index (χ4n) is 2.72. The smallest absolute Gasteiger partial charge is 0.231 e. The van der Waals surface area contributed by atoms with Crippen molar-refractivity contribution in [1.29, 1.82) is 0 Å². The molecule has 1 heterocycles. The summed E-state index contributed by atoms with van der Waals surface area (Å²) in [6.45, 7) is 0. The maximum Gasteiger partial charge on any atom is 0.231 e. The van der Waals surface area contributed by atoms with Gasteiger partial charge >= 0.3 is 0 Å². The van der Waals surface area contributed by atoms with E-state index >= 15 is 0 Å². The predicted molar refractivity (Wildman–Crippen MR) is 61.3 cm³/mol. The summed E-state index contributed by atoms with van der Waals surface area (Å²) in [7, 11) is 1.71. The SMILES string of the molecule is COC(c1noc(C2CCCC2N)n1)C1CC1. The van der Waals surface area contributed by atoms with Gasteiger partial charge < -0.3 is 15.0 Å². The number of nitrogens with zero attached hydrogens (tertiary/aromatic N) is 2. The molecule has 2 N–H and O–H groups in total. The average molecular weight is 237 g/mol. The fraction of sp³-hybridized carbons (Fsp3) is 0.833. The van der Waals surface area contributed by atoms with Gasteiger partial charge in [0.2, 0.25) is 11.7 Å². The second-order valence-electron chi connectivity index (χ2n) is 5.19. The molecule has 3 rings (SSSR count). The Kier molecular flexibility index (Phi) is 2.88. The Morgan fingerprint density at radius 3 is 2.76 bits per heavy atom. The van der Waals surface area contributed by atoms with Crippen molar-refractivity contribution in [2.45, 2.75) is 50.2 Å². The van der Waals surface area contributed by atoms with Crippen LogP contribution in [0.2, 0.25) is 0 Å². The third-order valence-corrected chi connectivity index (χ3v) is 3.90. The predicted octanol–water partition coefficient (Wildman–Crippen LogP) is 1.76. The maximum absolute atomic E-state index is 6.04. The Hall–Kier alpha value is -0.940. The van der Waals surface area contributed by atoms with E-state index in [9.17, 15) is 0 Å². The highest BCUT2D eigenvalue weighted by molar-refractivity contribution is 5.05. The number of rotatable bonds is 4. The molecule has 0 saturated heterocycles. The zero-order chi connectivity index (χ0) is 11.8. The number of ether oxygens (including phenoxy) is 1. The molecular weight excluding hydrogens is 218 g/mol. The quantitative estimate of drug-likeness (QED) is 0.863. The molecular formula is C12H19N3O2. The Labute approximate surface area is 101 Å². The molecule has 3 unspecified atom stereocenters. The van der Waals surface area contributed by atoms with E-state index in [4.69, 9.17) is 15.0 Å². The first-order valence-corrected chi connectivity index (χ1v) is 6.41. The van der Waals surface area contributed by atoms with Gasteiger partial charge in [0.05, 0.1) is 5.92 Å². The van der Waals surface area contributed by atoms with Crippen LogP contribution in [0.4, 0.5) is 0 Å². The van der Waals surface area contributed by atoms with E-state index in [0.717, 1.165) is 19.3 Å². The summed E-state index contributed by atoms with van der Waals surface area (Å²) in [4.78, 5) is 4.49. The highest BCUT2D eigenvalue weighted by Crippen LogP contribution is 2.42. The number of hydrogen-bond donors (Lipinski definition) is 1. The van der Waals surface area contributed by atoms with Crippen molar-refractivity contribution < 1.29 is 9.26 Å². The van der Waals surface area contributed by atoms with Crippen molar-refractivity contribution in [1.82, 2.24) is 10.1 Å². The number of methoxy groups -OCH3 is 1. The summed E-state index contributed by atoms with van der Waals surface area (Å²) in [6, 6.07) is 0.171. The summed E-state index contributed by atoms with van der Waals surface area (Å²) in [5.41, 5.74) is 6.04. The van der Waals surface area contributed by atoms with Gasteiger partial charge in [0.15, 0.2) is 0 Å². The first kappa shape index (κ1) is 11.2. The van der Waals surface area contributed by atoms with Gasteiger partial charge in [-0.3, -0.25) is 0 Å². The van der Waals surface area contributed by atoms with Crippen LogP contribution in [0.5, 0.6) is 0 Å². The van der Waals surface area contributed by atoms with Crippen molar-refractivity contribution in [3.63, 3.8) is 0 Å². The molecule has 2 aliphatic carbocycles. The second kappa shape index (κ2) is 4.38. The lowest BCUT2D eigenvalue weighted by Crippen LogP contribution is -2.23. The van der Waals surface area contributed by atoms with Crippen LogP contribution in [-0.2, 0) is 4.74 Å². The molecule has 0 spiro atoms. The summed E-state index contributed by atoms with van der Waals surface area (Å²) < 4.78 is 10.8. The van der Waals surface area contributed by atoms with E-state index in [-0.39, 0.29) is 18.1 Å². The van der Waals surface area contributed by atoms with Crippen LogP contribution in [0.3, 0.4) is 0 Å². The summed E-state index contributed by atoms with van der Waals surface area (Å²) in [5, 5.41) is 4.06. The largest absolute Gasteiger partial charge is 0.373 e. The summed E-state index contributed by atoms with van der Waals surface area (Å²) >= 11 is 0. The lowest BCUT2D eigenvalue weighted by molar-refractivity contribution is 0.0751. The highest BCUT2D eigenvalue weighted by atomic mass is 16.5. The van der Waals surface area contributed by atoms with E-state index in [1.54, 1.807) is 7.11 Å². The molecule has 5 heteroatoms. The molecule has 2 saturated carbocycles. The highest BCUT2D eigenvalue weighted by Gasteiger charge is 2.37. The first-order chi connectivity index (χ1) is 8.29. The van der Waals surface area contributed by atoms with Gasteiger partial charge in [0.25, 0.3) is 0 Å². The lowest BCUT2D eigenvalue weighted by atomic mass is 10.1. The third-order valence-electron chi connectivity index (χ3n) is 3.90. The van der Waals surface area contributed by atoms with Crippen LogP contribution in [0.25, 0.3) is 0 Å². The molecule has 2 aliphatic rings. The van der Waals surface area contributed by atoms with Gasteiger partial charge in [-0.25, -0.2) is 0 Å². The molecule has 0 amide bonds. The van der Waals surface area contributed by atoms with Crippen molar-refractivity contribution in [2.75, 3.05) is 7.11 Å². The Morgan fingerprint density at radius 2 is 2.18 bits per heavy atom. The van der Waals surface area contributed by atoms with E-state index in [1.807, 2.05) is 0 Å². The number of hydrogen-bond acceptors (Lipinski definition) is 5. The Bertz CT molecular complexity index is 372. The van der Waals surface area contributed by atoms with Gasteiger partial charge in [0, 0.05) is 13.2 Å². The normalized spacial score (nSPS) is 30.7. The zero-order valence-electron chi connectivity index (χ0n) is 10.1. The Morgan fingerprint density at radius 1 is 1.35 bits per heavy atom. The molecule has 0 aliphatic heterocycles. The van der Waals surface area contributed by atoms with Gasteiger partial charge in [-0.05, 0) is 31.6 Å². The van der Waals surface area contributed by atoms with Crippen molar-refractivity contribution >= 4 is 0 Å². The molecule has 2 fully saturated rings. The molecule has 94 valence electrons. The molecule has 0 aromatic carbocycles. The first-order valence-electron chi connectivity index (χ1n) is 6.41. The Balaban J connectivity index is 1.77. The van der Waals surface area contributed by atoms with E-state index in [1.165, 1.54) is 12.8 Å². The van der Waals surface area contributed by atoms with Gasteiger partial charge in [-0.15, -0.1) is 0 Å². The topological polar surface area (TPSA) is 74.2 Å². The average Bonchev–Trinajstić information content (AvgIpc) is 2.87. The molecule has 17 heavy (non-hydrogen) atoms.